The Kier molecular flexibility index (Phi) is 8.94. The van der Waals surface area contributed by atoms with Crippen LogP contribution in [0, 0.1) is 11.7 Å². The average Bonchev–Trinajstić information content (AvgIpc) is 3.27. The topological polar surface area (TPSA) is 113 Å². The summed E-state index contributed by atoms with van der Waals surface area (Å²) in [6.07, 6.45) is 2.26. The van der Waals surface area contributed by atoms with Crippen LogP contribution in [-0.2, 0) is 22.7 Å². The maximum atomic E-state index is 14.0. The van der Waals surface area contributed by atoms with Gasteiger partial charge in [-0.05, 0) is 25.5 Å². The number of hydrogen-bond acceptors (Lipinski definition) is 6. The van der Waals surface area contributed by atoms with Crippen LogP contribution in [0.15, 0.2) is 30.5 Å². The number of urea groups is 1. The second-order valence-electron chi connectivity index (χ2n) is 8.77. The van der Waals surface area contributed by atoms with Gasteiger partial charge in [0.15, 0.2) is 0 Å². The number of rotatable bonds is 5. The monoisotopic (exact) mass is 476 g/mol. The van der Waals surface area contributed by atoms with Crippen LogP contribution in [0.1, 0.15) is 32.4 Å². The Labute approximate surface area is 198 Å². The molecule has 1 aliphatic heterocycles. The molecule has 0 aliphatic carbocycles. The van der Waals surface area contributed by atoms with Crippen LogP contribution >= 0.6 is 0 Å². The number of para-hydroxylation sites is 1. The number of anilines is 1. The number of carbonyl (C=O) groups excluding carboxylic acids is 2. The number of hydrogen-bond donors (Lipinski definition) is 2. The van der Waals surface area contributed by atoms with Gasteiger partial charge >= 0.3 is 6.03 Å². The minimum absolute atomic E-state index is 0.0580. The summed E-state index contributed by atoms with van der Waals surface area (Å²) in [6.45, 7) is 4.90. The lowest BCUT2D eigenvalue weighted by atomic mass is 10.0. The third kappa shape index (κ3) is 6.73. The van der Waals surface area contributed by atoms with E-state index >= 15 is 0 Å². The Hall–Kier alpha value is -3.05. The fraction of sp³-hybridized carbons (Fsp3) is 0.565. The molecule has 11 heteroatoms. The second-order valence-corrected chi connectivity index (χ2v) is 8.77. The molecule has 1 aliphatic rings. The number of benzene rings is 1. The highest BCUT2D eigenvalue weighted by Gasteiger charge is 2.29. The summed E-state index contributed by atoms with van der Waals surface area (Å²) in [6, 6.07) is 5.13. The van der Waals surface area contributed by atoms with Gasteiger partial charge in [-0.1, -0.05) is 24.3 Å². The van der Waals surface area contributed by atoms with Gasteiger partial charge in [0.05, 0.1) is 37.2 Å². The molecule has 2 bridgehead atoms. The fourth-order valence-electron chi connectivity index (χ4n) is 3.82. The molecular weight excluding hydrogens is 443 g/mol. The molecule has 3 atom stereocenters. The van der Waals surface area contributed by atoms with Crippen LogP contribution in [0.4, 0.5) is 14.9 Å². The summed E-state index contributed by atoms with van der Waals surface area (Å²) in [5.41, 5.74) is 0.746. The lowest BCUT2D eigenvalue weighted by Gasteiger charge is -2.35. The smallest absolute Gasteiger partial charge is 0.321 e. The molecule has 0 radical (unpaired) electrons. The first kappa shape index (κ1) is 25.6. The SMILES string of the molecule is C[C@@H]1CN([C@@H](C)CO)C(=O)CCCn2cc(nn2)CO[C@@H]1CN(C)C(=O)Nc1ccccc1F. The number of ether oxygens (including phenoxy) is 1. The van der Waals surface area contributed by atoms with E-state index in [1.165, 1.54) is 17.0 Å². The van der Waals surface area contributed by atoms with Crippen molar-refractivity contribution in [3.8, 4) is 0 Å². The van der Waals surface area contributed by atoms with E-state index in [1.54, 1.807) is 41.9 Å². The van der Waals surface area contributed by atoms with E-state index in [9.17, 15) is 19.1 Å². The van der Waals surface area contributed by atoms with E-state index in [1.807, 2.05) is 6.92 Å². The Morgan fingerprint density at radius 2 is 2.18 bits per heavy atom. The maximum Gasteiger partial charge on any atom is 0.321 e. The molecule has 186 valence electrons. The van der Waals surface area contributed by atoms with Gasteiger partial charge in [0.25, 0.3) is 0 Å². The predicted molar refractivity (Wildman–Crippen MR) is 123 cm³/mol. The standard InChI is InChI=1S/C23H33FN6O4/c1-16-11-30(17(2)14-31)22(32)9-6-10-29-12-18(26-27-29)15-34-21(16)13-28(3)23(33)25-20-8-5-4-7-19(20)24/h4-5,7-8,12,16-17,21,31H,6,9-11,13-15H2,1-3H3,(H,25,33)/t16-,17+,21-/m1/s1. The first-order chi connectivity index (χ1) is 16.3. The van der Waals surface area contributed by atoms with E-state index in [0.29, 0.717) is 31.6 Å². The number of fused-ring (bicyclic) bond motifs is 2. The Morgan fingerprint density at radius 3 is 2.91 bits per heavy atom. The summed E-state index contributed by atoms with van der Waals surface area (Å²) < 4.78 is 21.8. The van der Waals surface area contributed by atoms with Crippen molar-refractivity contribution in [1.29, 1.82) is 0 Å². The Balaban J connectivity index is 1.76. The summed E-state index contributed by atoms with van der Waals surface area (Å²) in [4.78, 5) is 28.7. The molecule has 1 aromatic heterocycles. The van der Waals surface area contributed by atoms with E-state index in [0.717, 1.165) is 0 Å². The van der Waals surface area contributed by atoms with E-state index in [2.05, 4.69) is 15.6 Å². The molecule has 2 heterocycles. The van der Waals surface area contributed by atoms with Crippen molar-refractivity contribution in [3.05, 3.63) is 42.0 Å². The number of nitrogens with zero attached hydrogens (tertiary/aromatic N) is 5. The zero-order valence-electron chi connectivity index (χ0n) is 19.9. The molecule has 0 saturated heterocycles. The first-order valence-electron chi connectivity index (χ1n) is 11.5. The molecular formula is C23H33FN6O4. The average molecular weight is 477 g/mol. The zero-order valence-corrected chi connectivity index (χ0v) is 19.9. The predicted octanol–water partition coefficient (Wildman–Crippen LogP) is 2.11. The number of carbonyl (C=O) groups is 2. The third-order valence-electron chi connectivity index (χ3n) is 5.96. The van der Waals surface area contributed by atoms with Crippen molar-refractivity contribution >= 4 is 17.6 Å². The van der Waals surface area contributed by atoms with Crippen LogP contribution in [0.5, 0.6) is 0 Å². The highest BCUT2D eigenvalue weighted by molar-refractivity contribution is 5.89. The number of likely N-dealkylation sites (N-methyl/N-ethyl adjacent to an activating group) is 1. The number of aromatic nitrogens is 3. The minimum Gasteiger partial charge on any atom is -0.394 e. The fourth-order valence-corrected chi connectivity index (χ4v) is 3.82. The molecule has 1 aromatic carbocycles. The number of amides is 3. The van der Waals surface area contributed by atoms with E-state index in [4.69, 9.17) is 4.74 Å². The van der Waals surface area contributed by atoms with E-state index < -0.39 is 18.0 Å². The van der Waals surface area contributed by atoms with Gasteiger partial charge in [-0.15, -0.1) is 5.10 Å². The minimum atomic E-state index is -0.522. The van der Waals surface area contributed by atoms with Crippen LogP contribution in [0.3, 0.4) is 0 Å². The maximum absolute atomic E-state index is 14.0. The highest BCUT2D eigenvalue weighted by atomic mass is 19.1. The van der Waals surface area contributed by atoms with Crippen LogP contribution < -0.4 is 5.32 Å². The summed E-state index contributed by atoms with van der Waals surface area (Å²) >= 11 is 0. The van der Waals surface area contributed by atoms with Gasteiger partial charge in [0.2, 0.25) is 5.91 Å². The van der Waals surface area contributed by atoms with Gasteiger partial charge in [0.1, 0.15) is 11.5 Å². The largest absolute Gasteiger partial charge is 0.394 e. The normalized spacial score (nSPS) is 20.6. The molecule has 2 N–H and O–H groups in total. The number of halogens is 1. The Bertz CT molecular complexity index is 970. The number of nitrogens with one attached hydrogen (secondary N) is 1. The first-order valence-corrected chi connectivity index (χ1v) is 11.5. The third-order valence-corrected chi connectivity index (χ3v) is 5.96. The van der Waals surface area contributed by atoms with Gasteiger partial charge in [-0.3, -0.25) is 9.48 Å². The lowest BCUT2D eigenvalue weighted by Crippen LogP contribution is -2.48. The molecule has 34 heavy (non-hydrogen) atoms. The van der Waals surface area contributed by atoms with Crippen LogP contribution in [-0.4, -0.2) is 80.7 Å². The van der Waals surface area contributed by atoms with Crippen molar-refractivity contribution in [2.24, 2.45) is 5.92 Å². The van der Waals surface area contributed by atoms with Crippen molar-refractivity contribution in [3.63, 3.8) is 0 Å². The molecule has 3 rings (SSSR count). The van der Waals surface area contributed by atoms with Gasteiger partial charge in [0, 0.05) is 39.0 Å². The highest BCUT2D eigenvalue weighted by Crippen LogP contribution is 2.18. The van der Waals surface area contributed by atoms with Crippen LogP contribution in [0.25, 0.3) is 0 Å². The Morgan fingerprint density at radius 1 is 1.41 bits per heavy atom. The van der Waals surface area contributed by atoms with Crippen molar-refractivity contribution in [1.82, 2.24) is 24.8 Å². The molecule has 0 fully saturated rings. The molecule has 0 spiro atoms. The summed E-state index contributed by atoms with van der Waals surface area (Å²) in [5, 5.41) is 20.5. The molecule has 0 saturated carbocycles. The van der Waals surface area contributed by atoms with Crippen molar-refractivity contribution in [2.45, 2.75) is 52.0 Å². The number of aliphatic hydroxyl groups is 1. The van der Waals surface area contributed by atoms with Crippen LogP contribution in [0.2, 0.25) is 0 Å². The molecule has 10 nitrogen and oxygen atoms in total. The molecule has 3 amide bonds. The lowest BCUT2D eigenvalue weighted by molar-refractivity contribution is -0.136. The molecule has 2 aromatic rings. The van der Waals surface area contributed by atoms with Crippen molar-refractivity contribution < 1.29 is 23.8 Å². The van der Waals surface area contributed by atoms with E-state index in [-0.39, 0.29) is 43.3 Å². The number of aliphatic hydroxyl groups excluding tert-OH is 1. The summed E-state index contributed by atoms with van der Waals surface area (Å²) in [5.74, 6) is -0.749. The zero-order chi connectivity index (χ0) is 24.7. The van der Waals surface area contributed by atoms with Gasteiger partial charge in [-0.2, -0.15) is 0 Å². The molecule has 0 unspecified atom stereocenters. The number of aryl methyl sites for hydroxylation is 1. The quantitative estimate of drug-likeness (QED) is 0.684. The second kappa shape index (κ2) is 11.9. The van der Waals surface area contributed by atoms with Gasteiger partial charge in [-0.25, -0.2) is 9.18 Å². The van der Waals surface area contributed by atoms with Crippen molar-refractivity contribution in [2.75, 3.05) is 32.1 Å². The van der Waals surface area contributed by atoms with Gasteiger partial charge < -0.3 is 25.0 Å². The summed E-state index contributed by atoms with van der Waals surface area (Å²) in [7, 11) is 1.60.